The van der Waals surface area contributed by atoms with Crippen molar-refractivity contribution >= 4 is 33.1 Å². The van der Waals surface area contributed by atoms with Crippen LogP contribution in [0.4, 0.5) is 13.9 Å². The topological polar surface area (TPSA) is 76.9 Å². The van der Waals surface area contributed by atoms with Gasteiger partial charge in [0.05, 0.1) is 17.3 Å². The van der Waals surface area contributed by atoms with Crippen LogP contribution in [-0.2, 0) is 11.3 Å². The number of nitrogens with one attached hydrogen (secondary N) is 1. The quantitative estimate of drug-likeness (QED) is 0.571. The molecule has 0 atom stereocenters. The summed E-state index contributed by atoms with van der Waals surface area (Å²) in [5.41, 5.74) is 0.429. The van der Waals surface area contributed by atoms with Gasteiger partial charge in [0.25, 0.3) is 5.56 Å². The highest BCUT2D eigenvalue weighted by Gasteiger charge is 2.12. The number of carbonyl (C=O) groups excluding carboxylic acids is 1. The van der Waals surface area contributed by atoms with Gasteiger partial charge < -0.3 is 5.32 Å². The van der Waals surface area contributed by atoms with Crippen molar-refractivity contribution in [3.63, 3.8) is 0 Å². The molecule has 4 rings (SSSR count). The Bertz CT molecular complexity index is 1250. The number of hydrogen-bond acceptors (Lipinski definition) is 5. The van der Waals surface area contributed by atoms with Crippen LogP contribution in [0.15, 0.2) is 58.8 Å². The second-order valence-corrected chi connectivity index (χ2v) is 6.77. The molecule has 4 aromatic rings. The van der Waals surface area contributed by atoms with Crippen LogP contribution in [0.3, 0.4) is 0 Å². The monoisotopic (exact) mass is 398 g/mol. The first-order valence-corrected chi connectivity index (χ1v) is 9.05. The molecule has 1 amide bonds. The van der Waals surface area contributed by atoms with Gasteiger partial charge in [0.2, 0.25) is 5.91 Å². The van der Waals surface area contributed by atoms with Crippen molar-refractivity contribution in [1.82, 2.24) is 14.8 Å². The summed E-state index contributed by atoms with van der Waals surface area (Å²) >= 11 is 1.13. The molecule has 1 N–H and O–H groups in total. The molecule has 0 unspecified atom stereocenters. The number of fused-ring (bicyclic) bond motifs is 1. The lowest BCUT2D eigenvalue weighted by Gasteiger charge is -2.05. The molecule has 0 saturated carbocycles. The van der Waals surface area contributed by atoms with Gasteiger partial charge in [-0.25, -0.2) is 18.4 Å². The predicted octanol–water partition coefficient (Wildman–Crippen LogP) is 3.44. The Morgan fingerprint density at radius 1 is 1.14 bits per heavy atom. The van der Waals surface area contributed by atoms with Crippen LogP contribution in [0.25, 0.3) is 22.0 Å². The molecule has 0 aliphatic rings. The highest BCUT2D eigenvalue weighted by molar-refractivity contribution is 7.14. The van der Waals surface area contributed by atoms with Gasteiger partial charge in [0, 0.05) is 16.3 Å². The molecule has 0 aliphatic carbocycles. The van der Waals surface area contributed by atoms with E-state index in [0.29, 0.717) is 22.0 Å². The van der Waals surface area contributed by atoms with Crippen LogP contribution < -0.4 is 10.9 Å². The van der Waals surface area contributed by atoms with Crippen LogP contribution >= 0.6 is 11.3 Å². The molecule has 0 radical (unpaired) electrons. The first-order valence-electron chi connectivity index (χ1n) is 8.17. The number of halogens is 2. The number of hydrogen-bond donors (Lipinski definition) is 1. The molecular formula is C19H12F2N4O2S. The van der Waals surface area contributed by atoms with E-state index in [-0.39, 0.29) is 17.2 Å². The summed E-state index contributed by atoms with van der Waals surface area (Å²) in [5, 5.41) is 9.65. The Labute approximate surface area is 161 Å². The molecule has 2 aromatic carbocycles. The van der Waals surface area contributed by atoms with Crippen molar-refractivity contribution in [3.8, 4) is 11.3 Å². The zero-order valence-electron chi connectivity index (χ0n) is 14.2. The number of anilines is 1. The molecule has 140 valence electrons. The summed E-state index contributed by atoms with van der Waals surface area (Å²) in [6.45, 7) is -0.274. The lowest BCUT2D eigenvalue weighted by molar-refractivity contribution is -0.117. The average Bonchev–Trinajstić information content (AvgIpc) is 3.15. The van der Waals surface area contributed by atoms with E-state index < -0.39 is 17.5 Å². The largest absolute Gasteiger partial charge is 0.300 e. The van der Waals surface area contributed by atoms with Crippen LogP contribution in [0, 0.1) is 11.6 Å². The van der Waals surface area contributed by atoms with Gasteiger partial charge in [-0.3, -0.25) is 9.59 Å². The van der Waals surface area contributed by atoms with Gasteiger partial charge in [-0.15, -0.1) is 11.3 Å². The van der Waals surface area contributed by atoms with Crippen LogP contribution in [0.2, 0.25) is 0 Å². The number of thiazole rings is 1. The van der Waals surface area contributed by atoms with Crippen molar-refractivity contribution < 1.29 is 13.6 Å². The van der Waals surface area contributed by atoms with Gasteiger partial charge in [0.1, 0.15) is 6.54 Å². The highest BCUT2D eigenvalue weighted by atomic mass is 32.1. The predicted molar refractivity (Wildman–Crippen MR) is 102 cm³/mol. The fourth-order valence-electron chi connectivity index (χ4n) is 2.65. The fourth-order valence-corrected chi connectivity index (χ4v) is 3.39. The van der Waals surface area contributed by atoms with Gasteiger partial charge >= 0.3 is 0 Å². The molecular weight excluding hydrogens is 386 g/mol. The normalized spacial score (nSPS) is 10.9. The summed E-state index contributed by atoms with van der Waals surface area (Å²) in [4.78, 5) is 28.9. The molecule has 2 aromatic heterocycles. The standard InChI is InChI=1S/C19H12F2N4O2S/c20-14-6-5-11(7-15(14)21)16-10-28-19(23-16)24-17(26)9-25-18(27)13-4-2-1-3-12(13)8-22-25/h1-8,10H,9H2,(H,23,24,26). The molecule has 6 nitrogen and oxygen atoms in total. The number of rotatable bonds is 4. The Morgan fingerprint density at radius 3 is 2.79 bits per heavy atom. The lowest BCUT2D eigenvalue weighted by Crippen LogP contribution is -2.29. The van der Waals surface area contributed by atoms with Gasteiger partial charge in [0.15, 0.2) is 16.8 Å². The molecule has 0 fully saturated rings. The second kappa shape index (κ2) is 7.28. The third-order valence-corrected chi connectivity index (χ3v) is 4.78. The SMILES string of the molecule is O=C(Cn1ncc2ccccc2c1=O)Nc1nc(-c2ccc(F)c(F)c2)cs1. The molecule has 28 heavy (non-hydrogen) atoms. The van der Waals surface area contributed by atoms with E-state index in [1.165, 1.54) is 12.3 Å². The van der Waals surface area contributed by atoms with Crippen molar-refractivity contribution in [3.05, 3.63) is 76.0 Å². The van der Waals surface area contributed by atoms with E-state index in [1.54, 1.807) is 29.6 Å². The number of aromatic nitrogens is 3. The van der Waals surface area contributed by atoms with Crippen LogP contribution in [0.5, 0.6) is 0 Å². The van der Waals surface area contributed by atoms with E-state index >= 15 is 0 Å². The Morgan fingerprint density at radius 2 is 1.96 bits per heavy atom. The van der Waals surface area contributed by atoms with E-state index in [4.69, 9.17) is 0 Å². The Balaban J connectivity index is 1.50. The van der Waals surface area contributed by atoms with E-state index in [0.717, 1.165) is 28.2 Å². The summed E-state index contributed by atoms with van der Waals surface area (Å²) in [6, 6.07) is 10.4. The molecule has 0 aliphatic heterocycles. The maximum absolute atomic E-state index is 13.4. The van der Waals surface area contributed by atoms with Gasteiger partial charge in [-0.2, -0.15) is 5.10 Å². The number of amides is 1. The fraction of sp³-hybridized carbons (Fsp3) is 0.0526. The Hall–Kier alpha value is -3.46. The Kier molecular flexibility index (Phi) is 4.66. The summed E-state index contributed by atoms with van der Waals surface area (Å²) in [6.07, 6.45) is 1.52. The number of benzene rings is 2. The zero-order valence-corrected chi connectivity index (χ0v) is 15.0. The van der Waals surface area contributed by atoms with Gasteiger partial charge in [-0.05, 0) is 24.3 Å². The number of carbonyl (C=O) groups is 1. The molecule has 9 heteroatoms. The summed E-state index contributed by atoms with van der Waals surface area (Å²) in [7, 11) is 0. The lowest BCUT2D eigenvalue weighted by atomic mass is 10.2. The van der Waals surface area contributed by atoms with E-state index in [2.05, 4.69) is 15.4 Å². The first kappa shape index (κ1) is 17.9. The highest BCUT2D eigenvalue weighted by Crippen LogP contribution is 2.26. The summed E-state index contributed by atoms with van der Waals surface area (Å²) in [5.74, 6) is -2.39. The van der Waals surface area contributed by atoms with Crippen molar-refractivity contribution in [2.75, 3.05) is 5.32 Å². The van der Waals surface area contributed by atoms with Crippen molar-refractivity contribution in [1.29, 1.82) is 0 Å². The second-order valence-electron chi connectivity index (χ2n) is 5.91. The maximum Gasteiger partial charge on any atom is 0.275 e. The average molecular weight is 398 g/mol. The van der Waals surface area contributed by atoms with Crippen molar-refractivity contribution in [2.45, 2.75) is 6.54 Å². The van der Waals surface area contributed by atoms with E-state index in [9.17, 15) is 18.4 Å². The molecule has 0 spiro atoms. The first-order chi connectivity index (χ1) is 13.5. The van der Waals surface area contributed by atoms with Gasteiger partial charge in [-0.1, -0.05) is 18.2 Å². The zero-order chi connectivity index (χ0) is 19.7. The number of nitrogens with zero attached hydrogens (tertiary/aromatic N) is 3. The third kappa shape index (κ3) is 3.52. The third-order valence-electron chi connectivity index (χ3n) is 4.02. The smallest absolute Gasteiger partial charge is 0.275 e. The van der Waals surface area contributed by atoms with E-state index in [1.807, 2.05) is 0 Å². The minimum absolute atomic E-state index is 0.274. The van der Waals surface area contributed by atoms with Crippen LogP contribution in [0.1, 0.15) is 0 Å². The molecule has 2 heterocycles. The summed E-state index contributed by atoms with van der Waals surface area (Å²) < 4.78 is 27.5. The minimum Gasteiger partial charge on any atom is -0.300 e. The van der Waals surface area contributed by atoms with Crippen molar-refractivity contribution in [2.24, 2.45) is 0 Å². The van der Waals surface area contributed by atoms with Crippen LogP contribution in [-0.4, -0.2) is 20.7 Å². The maximum atomic E-state index is 13.4. The molecule has 0 saturated heterocycles. The minimum atomic E-state index is -0.974. The molecule has 0 bridgehead atoms.